The molecule has 0 saturated carbocycles. The van der Waals surface area contributed by atoms with Crippen molar-refractivity contribution in [3.05, 3.63) is 18.2 Å². The fourth-order valence-electron chi connectivity index (χ4n) is 2.44. The first-order valence-electron chi connectivity index (χ1n) is 6.26. The maximum Gasteiger partial charge on any atom is 0.175 e. The van der Waals surface area contributed by atoms with E-state index in [1.165, 1.54) is 19.1 Å². The van der Waals surface area contributed by atoms with Crippen LogP contribution in [0.1, 0.15) is 19.8 Å². The van der Waals surface area contributed by atoms with Crippen LogP contribution in [0.2, 0.25) is 0 Å². The number of nitrogen functional groups attached to an aromatic ring is 1. The van der Waals surface area contributed by atoms with E-state index in [0.717, 1.165) is 24.7 Å². The Labute approximate surface area is 109 Å². The molecule has 1 atom stereocenters. The van der Waals surface area contributed by atoms with E-state index in [1.807, 2.05) is 6.07 Å². The lowest BCUT2D eigenvalue weighted by Gasteiger charge is -2.21. The molecule has 1 fully saturated rings. The Kier molecular flexibility index (Phi) is 3.52. The summed E-state index contributed by atoms with van der Waals surface area (Å²) in [6, 6.07) is 5.02. The fraction of sp³-hybridized carbons (Fsp3) is 0.538. The molecule has 0 amide bonds. The predicted octanol–water partition coefficient (Wildman–Crippen LogP) is 1.91. The summed E-state index contributed by atoms with van der Waals surface area (Å²) < 4.78 is 22.9. The second-order valence-electron chi connectivity index (χ2n) is 5.00. The van der Waals surface area contributed by atoms with Crippen molar-refractivity contribution in [1.29, 1.82) is 0 Å². The van der Waals surface area contributed by atoms with E-state index < -0.39 is 9.84 Å². The van der Waals surface area contributed by atoms with Crippen molar-refractivity contribution < 1.29 is 8.42 Å². The molecule has 1 heterocycles. The van der Waals surface area contributed by atoms with Crippen LogP contribution in [0.4, 0.5) is 11.4 Å². The quantitative estimate of drug-likeness (QED) is 0.851. The summed E-state index contributed by atoms with van der Waals surface area (Å²) in [5.74, 6) is 0.721. The Bertz CT molecular complexity index is 540. The van der Waals surface area contributed by atoms with Crippen molar-refractivity contribution in [2.45, 2.75) is 24.7 Å². The third kappa shape index (κ3) is 2.61. The molecule has 18 heavy (non-hydrogen) atoms. The minimum absolute atomic E-state index is 0.287. The van der Waals surface area contributed by atoms with Crippen LogP contribution in [0.15, 0.2) is 23.1 Å². The summed E-state index contributed by atoms with van der Waals surface area (Å²) in [6.45, 7) is 4.21. The number of nitrogens with two attached hydrogens (primary N) is 1. The summed E-state index contributed by atoms with van der Waals surface area (Å²) in [5, 5.41) is 0. The maximum absolute atomic E-state index is 11.4. The Hall–Kier alpha value is -1.23. The first-order chi connectivity index (χ1) is 8.41. The predicted molar refractivity (Wildman–Crippen MR) is 74.6 cm³/mol. The van der Waals surface area contributed by atoms with Crippen molar-refractivity contribution in [3.8, 4) is 0 Å². The first kappa shape index (κ1) is 13.2. The molecule has 0 radical (unpaired) electrons. The molecular weight excluding hydrogens is 248 g/mol. The number of rotatable bonds is 3. The van der Waals surface area contributed by atoms with Crippen LogP contribution < -0.4 is 10.6 Å². The Morgan fingerprint density at radius 3 is 2.67 bits per heavy atom. The largest absolute Gasteiger partial charge is 0.397 e. The zero-order valence-corrected chi connectivity index (χ0v) is 11.7. The molecule has 1 unspecified atom stereocenters. The van der Waals surface area contributed by atoms with E-state index in [9.17, 15) is 8.42 Å². The molecule has 5 heteroatoms. The van der Waals surface area contributed by atoms with Crippen LogP contribution in [0.25, 0.3) is 0 Å². The van der Waals surface area contributed by atoms with E-state index >= 15 is 0 Å². The summed E-state index contributed by atoms with van der Waals surface area (Å²) in [6.07, 6.45) is 3.56. The fourth-order valence-corrected chi connectivity index (χ4v) is 3.09. The molecule has 1 saturated heterocycles. The molecule has 0 bridgehead atoms. The van der Waals surface area contributed by atoms with Gasteiger partial charge in [0.2, 0.25) is 0 Å². The van der Waals surface area contributed by atoms with Crippen molar-refractivity contribution in [2.75, 3.05) is 30.0 Å². The number of sulfone groups is 1. The van der Waals surface area contributed by atoms with Gasteiger partial charge in [0.15, 0.2) is 9.84 Å². The van der Waals surface area contributed by atoms with Gasteiger partial charge in [-0.1, -0.05) is 13.3 Å². The Morgan fingerprint density at radius 1 is 1.44 bits per heavy atom. The number of benzene rings is 1. The lowest BCUT2D eigenvalue weighted by Crippen LogP contribution is -2.20. The van der Waals surface area contributed by atoms with Gasteiger partial charge >= 0.3 is 0 Å². The molecule has 2 rings (SSSR count). The smallest absolute Gasteiger partial charge is 0.175 e. The molecule has 0 aromatic heterocycles. The SMILES string of the molecule is CCC1CCN(c2ccc(S(C)(=O)=O)cc2N)C1. The molecule has 0 aliphatic carbocycles. The van der Waals surface area contributed by atoms with Crippen LogP contribution in [-0.2, 0) is 9.84 Å². The summed E-state index contributed by atoms with van der Waals surface area (Å²) in [4.78, 5) is 2.53. The topological polar surface area (TPSA) is 63.4 Å². The van der Waals surface area contributed by atoms with Gasteiger partial charge in [0.25, 0.3) is 0 Å². The Balaban J connectivity index is 2.26. The highest BCUT2D eigenvalue weighted by Gasteiger charge is 2.23. The Morgan fingerprint density at radius 2 is 2.17 bits per heavy atom. The summed E-state index contributed by atoms with van der Waals surface area (Å²) >= 11 is 0. The average molecular weight is 268 g/mol. The monoisotopic (exact) mass is 268 g/mol. The highest BCUT2D eigenvalue weighted by molar-refractivity contribution is 7.90. The van der Waals surface area contributed by atoms with Crippen LogP contribution in [-0.4, -0.2) is 27.8 Å². The highest BCUT2D eigenvalue weighted by Crippen LogP contribution is 2.31. The van der Waals surface area contributed by atoms with Crippen LogP contribution in [0.5, 0.6) is 0 Å². The van der Waals surface area contributed by atoms with Gasteiger partial charge < -0.3 is 10.6 Å². The van der Waals surface area contributed by atoms with E-state index in [1.54, 1.807) is 12.1 Å². The van der Waals surface area contributed by atoms with Crippen molar-refractivity contribution in [2.24, 2.45) is 5.92 Å². The van der Waals surface area contributed by atoms with Gasteiger partial charge in [0, 0.05) is 19.3 Å². The lowest BCUT2D eigenvalue weighted by molar-refractivity contribution is 0.569. The van der Waals surface area contributed by atoms with Crippen LogP contribution in [0, 0.1) is 5.92 Å². The zero-order chi connectivity index (χ0) is 13.3. The van der Waals surface area contributed by atoms with Gasteiger partial charge in [-0.2, -0.15) is 0 Å². The summed E-state index contributed by atoms with van der Waals surface area (Å²) in [7, 11) is -3.18. The minimum atomic E-state index is -3.18. The highest BCUT2D eigenvalue weighted by atomic mass is 32.2. The van der Waals surface area contributed by atoms with E-state index in [2.05, 4.69) is 11.8 Å². The molecule has 0 spiro atoms. The van der Waals surface area contributed by atoms with Crippen LogP contribution in [0.3, 0.4) is 0 Å². The van der Waals surface area contributed by atoms with Crippen molar-refractivity contribution in [3.63, 3.8) is 0 Å². The van der Waals surface area contributed by atoms with Crippen LogP contribution >= 0.6 is 0 Å². The normalized spacial score (nSPS) is 20.3. The van der Waals surface area contributed by atoms with E-state index in [4.69, 9.17) is 5.73 Å². The third-order valence-electron chi connectivity index (χ3n) is 3.63. The van der Waals surface area contributed by atoms with Gasteiger partial charge in [-0.15, -0.1) is 0 Å². The maximum atomic E-state index is 11.4. The number of nitrogens with zero attached hydrogens (tertiary/aromatic N) is 1. The molecule has 1 aliphatic rings. The minimum Gasteiger partial charge on any atom is -0.397 e. The van der Waals surface area contributed by atoms with Gasteiger partial charge in [-0.3, -0.25) is 0 Å². The molecular formula is C13H20N2O2S. The second kappa shape index (κ2) is 4.80. The first-order valence-corrected chi connectivity index (χ1v) is 8.15. The molecule has 1 aromatic rings. The van der Waals surface area contributed by atoms with Gasteiger partial charge in [0.05, 0.1) is 16.3 Å². The molecule has 1 aliphatic heterocycles. The van der Waals surface area contributed by atoms with Crippen molar-refractivity contribution >= 4 is 21.2 Å². The molecule has 1 aromatic carbocycles. The van der Waals surface area contributed by atoms with Crippen molar-refractivity contribution in [1.82, 2.24) is 0 Å². The second-order valence-corrected chi connectivity index (χ2v) is 7.02. The lowest BCUT2D eigenvalue weighted by atomic mass is 10.1. The van der Waals surface area contributed by atoms with Gasteiger partial charge in [-0.05, 0) is 30.5 Å². The number of anilines is 2. The molecule has 4 nitrogen and oxygen atoms in total. The number of hydrogen-bond donors (Lipinski definition) is 1. The zero-order valence-electron chi connectivity index (χ0n) is 10.9. The third-order valence-corrected chi connectivity index (χ3v) is 4.74. The molecule has 100 valence electrons. The van der Waals surface area contributed by atoms with E-state index in [-0.39, 0.29) is 4.90 Å². The van der Waals surface area contributed by atoms with Gasteiger partial charge in [-0.25, -0.2) is 8.42 Å². The summed E-state index contributed by atoms with van der Waals surface area (Å²) in [5.41, 5.74) is 7.49. The number of hydrogen-bond acceptors (Lipinski definition) is 4. The van der Waals surface area contributed by atoms with E-state index in [0.29, 0.717) is 5.69 Å². The average Bonchev–Trinajstić information content (AvgIpc) is 2.76. The van der Waals surface area contributed by atoms with Gasteiger partial charge in [0.1, 0.15) is 0 Å². The molecule has 2 N–H and O–H groups in total. The standard InChI is InChI=1S/C13H20N2O2S/c1-3-10-6-7-15(9-10)13-5-4-11(8-12(13)14)18(2,16)17/h4-5,8,10H,3,6-7,9,14H2,1-2H3.